The van der Waals surface area contributed by atoms with E-state index in [2.05, 4.69) is 9.97 Å². The van der Waals surface area contributed by atoms with Crippen LogP contribution in [0.15, 0.2) is 24.4 Å². The Morgan fingerprint density at radius 3 is 2.58 bits per heavy atom. The van der Waals surface area contributed by atoms with Gasteiger partial charge in [0.2, 0.25) is 0 Å². The van der Waals surface area contributed by atoms with E-state index < -0.39 is 0 Å². The first-order valence-electron chi connectivity index (χ1n) is 6.18. The monoisotopic (exact) mass is 260 g/mol. The molecule has 0 aliphatic carbocycles. The van der Waals surface area contributed by atoms with Gasteiger partial charge in [-0.2, -0.15) is 0 Å². The fourth-order valence-electron chi connectivity index (χ4n) is 1.74. The molecule has 1 heterocycles. The Morgan fingerprint density at radius 2 is 1.95 bits per heavy atom. The van der Waals surface area contributed by atoms with Gasteiger partial charge < -0.3 is 14.5 Å². The van der Waals surface area contributed by atoms with E-state index >= 15 is 0 Å². The first kappa shape index (κ1) is 13.1. The van der Waals surface area contributed by atoms with Crippen molar-refractivity contribution in [1.29, 1.82) is 0 Å². The van der Waals surface area contributed by atoms with Crippen LogP contribution in [0.25, 0.3) is 11.4 Å². The number of aromatic amines is 1. The van der Waals surface area contributed by atoms with Crippen molar-refractivity contribution in [1.82, 2.24) is 9.97 Å². The van der Waals surface area contributed by atoms with Gasteiger partial charge in [-0.25, -0.2) is 4.98 Å². The summed E-state index contributed by atoms with van der Waals surface area (Å²) < 4.78 is 11.0. The first-order valence-corrected chi connectivity index (χ1v) is 6.18. The standard InChI is InChI=1S/C14H16N2O3/c1-3-18-12-6-5-10(7-13(12)19-4-2)14-15-8-11(9-17)16-14/h5-9H,3-4H2,1-2H3,(H,15,16). The van der Waals surface area contributed by atoms with Gasteiger partial charge in [-0.3, -0.25) is 4.79 Å². The molecule has 5 heteroatoms. The van der Waals surface area contributed by atoms with Crippen LogP contribution >= 0.6 is 0 Å². The Morgan fingerprint density at radius 1 is 1.21 bits per heavy atom. The fraction of sp³-hybridized carbons (Fsp3) is 0.286. The molecule has 0 saturated carbocycles. The SMILES string of the molecule is CCOc1ccc(-c2ncc(C=O)[nH]2)cc1OCC. The number of benzene rings is 1. The molecule has 19 heavy (non-hydrogen) atoms. The zero-order chi connectivity index (χ0) is 13.7. The number of ether oxygens (including phenoxy) is 2. The quantitative estimate of drug-likeness (QED) is 0.811. The third-order valence-corrected chi connectivity index (χ3v) is 2.54. The van der Waals surface area contributed by atoms with E-state index in [1.165, 1.54) is 6.20 Å². The predicted molar refractivity (Wildman–Crippen MR) is 71.7 cm³/mol. The van der Waals surface area contributed by atoms with Crippen molar-refractivity contribution in [2.24, 2.45) is 0 Å². The molecule has 0 unspecified atom stereocenters. The van der Waals surface area contributed by atoms with Crippen molar-refractivity contribution in [3.63, 3.8) is 0 Å². The highest BCUT2D eigenvalue weighted by atomic mass is 16.5. The summed E-state index contributed by atoms with van der Waals surface area (Å²) in [5, 5.41) is 0. The maximum Gasteiger partial charge on any atom is 0.167 e. The molecule has 0 radical (unpaired) electrons. The summed E-state index contributed by atoms with van der Waals surface area (Å²) in [5.74, 6) is 2.01. The van der Waals surface area contributed by atoms with E-state index in [-0.39, 0.29) is 0 Å². The third-order valence-electron chi connectivity index (χ3n) is 2.54. The van der Waals surface area contributed by atoms with E-state index in [0.29, 0.717) is 36.2 Å². The summed E-state index contributed by atoms with van der Waals surface area (Å²) in [6.07, 6.45) is 2.23. The molecule has 1 aromatic carbocycles. The molecule has 0 aliphatic rings. The lowest BCUT2D eigenvalue weighted by molar-refractivity contribution is 0.111. The largest absolute Gasteiger partial charge is 0.490 e. The van der Waals surface area contributed by atoms with Crippen molar-refractivity contribution in [3.8, 4) is 22.9 Å². The van der Waals surface area contributed by atoms with Gasteiger partial charge in [0.1, 0.15) is 5.82 Å². The number of nitrogens with one attached hydrogen (secondary N) is 1. The second kappa shape index (κ2) is 6.04. The second-order valence-electron chi connectivity index (χ2n) is 3.83. The van der Waals surface area contributed by atoms with Gasteiger partial charge in [-0.15, -0.1) is 0 Å². The van der Waals surface area contributed by atoms with Crippen molar-refractivity contribution in [3.05, 3.63) is 30.1 Å². The number of hydrogen-bond acceptors (Lipinski definition) is 4. The molecule has 0 amide bonds. The highest BCUT2D eigenvalue weighted by molar-refractivity contribution is 5.73. The molecular formula is C14H16N2O3. The number of carbonyl (C=O) groups is 1. The molecule has 2 rings (SSSR count). The molecule has 2 aromatic rings. The Hall–Kier alpha value is -2.30. The first-order chi connectivity index (χ1) is 9.28. The molecule has 100 valence electrons. The molecule has 0 bridgehead atoms. The predicted octanol–water partition coefficient (Wildman–Crippen LogP) is 2.69. The third kappa shape index (κ3) is 2.93. The molecule has 1 aromatic heterocycles. The number of H-pyrrole nitrogens is 1. The van der Waals surface area contributed by atoms with E-state index in [1.54, 1.807) is 0 Å². The number of nitrogens with zero attached hydrogens (tertiary/aromatic N) is 1. The highest BCUT2D eigenvalue weighted by Crippen LogP contribution is 2.31. The van der Waals surface area contributed by atoms with Crippen LogP contribution in [0.2, 0.25) is 0 Å². The average Bonchev–Trinajstić information content (AvgIpc) is 2.90. The molecule has 5 nitrogen and oxygen atoms in total. The van der Waals surface area contributed by atoms with Crippen molar-refractivity contribution < 1.29 is 14.3 Å². The lowest BCUT2D eigenvalue weighted by atomic mass is 10.2. The summed E-state index contributed by atoms with van der Waals surface area (Å²) in [7, 11) is 0. The van der Waals surface area contributed by atoms with Gasteiger partial charge in [0.25, 0.3) is 0 Å². The molecular weight excluding hydrogens is 244 g/mol. The number of rotatable bonds is 6. The molecule has 0 saturated heterocycles. The van der Waals surface area contributed by atoms with E-state index in [1.807, 2.05) is 32.0 Å². The van der Waals surface area contributed by atoms with Crippen LogP contribution in [0.1, 0.15) is 24.3 Å². The van der Waals surface area contributed by atoms with Crippen LogP contribution in [-0.4, -0.2) is 29.5 Å². The fourth-order valence-corrected chi connectivity index (χ4v) is 1.74. The second-order valence-corrected chi connectivity index (χ2v) is 3.83. The number of aromatic nitrogens is 2. The van der Waals surface area contributed by atoms with Gasteiger partial charge >= 0.3 is 0 Å². The van der Waals surface area contributed by atoms with Crippen molar-refractivity contribution in [2.45, 2.75) is 13.8 Å². The van der Waals surface area contributed by atoms with Gasteiger partial charge in [-0.1, -0.05) is 0 Å². The van der Waals surface area contributed by atoms with Gasteiger partial charge in [0.05, 0.1) is 25.1 Å². The van der Waals surface area contributed by atoms with Crippen LogP contribution in [-0.2, 0) is 0 Å². The highest BCUT2D eigenvalue weighted by Gasteiger charge is 2.09. The molecule has 0 atom stereocenters. The Balaban J connectivity index is 2.36. The number of imidazole rings is 1. The van der Waals surface area contributed by atoms with Crippen LogP contribution in [0.3, 0.4) is 0 Å². The summed E-state index contributed by atoms with van der Waals surface area (Å²) in [6.45, 7) is 4.98. The lowest BCUT2D eigenvalue weighted by Crippen LogP contribution is -1.98. The summed E-state index contributed by atoms with van der Waals surface area (Å²) >= 11 is 0. The zero-order valence-electron chi connectivity index (χ0n) is 11.0. The molecule has 1 N–H and O–H groups in total. The zero-order valence-corrected chi connectivity index (χ0v) is 11.0. The summed E-state index contributed by atoms with van der Waals surface area (Å²) in [5.41, 5.74) is 1.29. The van der Waals surface area contributed by atoms with Gasteiger partial charge in [-0.05, 0) is 32.0 Å². The molecule has 0 fully saturated rings. The number of aldehydes is 1. The Labute approximate surface area is 111 Å². The van der Waals surface area contributed by atoms with Crippen LogP contribution in [0, 0.1) is 0 Å². The number of hydrogen-bond donors (Lipinski definition) is 1. The van der Waals surface area contributed by atoms with Crippen LogP contribution in [0.4, 0.5) is 0 Å². The summed E-state index contributed by atoms with van der Waals surface area (Å²) in [4.78, 5) is 17.7. The maximum atomic E-state index is 10.6. The maximum absolute atomic E-state index is 10.6. The van der Waals surface area contributed by atoms with Gasteiger partial charge in [0, 0.05) is 5.56 Å². The van der Waals surface area contributed by atoms with Crippen molar-refractivity contribution >= 4 is 6.29 Å². The average molecular weight is 260 g/mol. The summed E-state index contributed by atoms with van der Waals surface area (Å²) in [6, 6.07) is 5.57. The lowest BCUT2D eigenvalue weighted by Gasteiger charge is -2.11. The van der Waals surface area contributed by atoms with Crippen LogP contribution < -0.4 is 9.47 Å². The smallest absolute Gasteiger partial charge is 0.167 e. The van der Waals surface area contributed by atoms with Crippen LogP contribution in [0.5, 0.6) is 11.5 Å². The van der Waals surface area contributed by atoms with Crippen molar-refractivity contribution in [2.75, 3.05) is 13.2 Å². The minimum absolute atomic E-state index is 0.446. The minimum atomic E-state index is 0.446. The van der Waals surface area contributed by atoms with Gasteiger partial charge in [0.15, 0.2) is 17.8 Å². The van der Waals surface area contributed by atoms with E-state index in [4.69, 9.17) is 9.47 Å². The van der Waals surface area contributed by atoms with E-state index in [9.17, 15) is 4.79 Å². The topological polar surface area (TPSA) is 64.2 Å². The Kier molecular flexibility index (Phi) is 4.18. The normalized spacial score (nSPS) is 10.2. The Bertz CT molecular complexity index is 564. The number of carbonyl (C=O) groups excluding carboxylic acids is 1. The molecule has 0 aliphatic heterocycles. The molecule has 0 spiro atoms. The van der Waals surface area contributed by atoms with E-state index in [0.717, 1.165) is 11.8 Å². The minimum Gasteiger partial charge on any atom is -0.490 e.